The van der Waals surface area contributed by atoms with Gasteiger partial charge < -0.3 is 14.2 Å². The number of aromatic nitrogens is 6. The van der Waals surface area contributed by atoms with Gasteiger partial charge in [0.2, 0.25) is 3.79 Å². The van der Waals surface area contributed by atoms with Gasteiger partial charge in [0.05, 0.1) is 20.8 Å². The topological polar surface area (TPSA) is 132 Å². The van der Waals surface area contributed by atoms with Gasteiger partial charge in [0.15, 0.2) is 11.4 Å². The number of alkyl halides is 9. The minimum atomic E-state index is -4.65. The van der Waals surface area contributed by atoms with Crippen LogP contribution in [-0.2, 0) is 51.5 Å². The molecule has 12 nitrogen and oxygen atoms in total. The molecule has 0 aromatic carbocycles. The lowest BCUT2D eigenvalue weighted by atomic mass is 10.2. The minimum absolute atomic E-state index is 0.0189. The SMILES string of the molecule is CCOC(=O)c1cn(C)nc1C(F)(F)F.COC(=O)c1cn(C)nc1C(Cl)(Cl)Cl.COC(=O)c1cn(C)nc1C(F)(F)F. The van der Waals surface area contributed by atoms with E-state index in [9.17, 15) is 40.7 Å². The lowest BCUT2D eigenvalue weighted by Gasteiger charge is -2.08. The van der Waals surface area contributed by atoms with E-state index in [1.54, 1.807) is 7.05 Å². The number of hydrogen-bond acceptors (Lipinski definition) is 9. The molecule has 3 aromatic heterocycles. The predicted octanol–water partition coefficient (Wildman–Crippen LogP) is 4.87. The summed E-state index contributed by atoms with van der Waals surface area (Å²) in [6, 6.07) is 0. The predicted molar refractivity (Wildman–Crippen MR) is 138 cm³/mol. The maximum absolute atomic E-state index is 12.4. The van der Waals surface area contributed by atoms with Crippen LogP contribution in [0, 0.1) is 0 Å². The van der Waals surface area contributed by atoms with Gasteiger partial charge in [-0.3, -0.25) is 14.0 Å². The normalized spacial score (nSPS) is 11.5. The number of ether oxygens (including phenoxy) is 3. The molecule has 0 bridgehead atoms. The summed E-state index contributed by atoms with van der Waals surface area (Å²) >= 11 is 16.9. The molecule has 0 radical (unpaired) electrons. The smallest absolute Gasteiger partial charge is 0.436 e. The van der Waals surface area contributed by atoms with Crippen molar-refractivity contribution in [1.82, 2.24) is 29.3 Å². The Balaban J connectivity index is 0.000000323. The van der Waals surface area contributed by atoms with E-state index in [2.05, 4.69) is 29.5 Å². The summed E-state index contributed by atoms with van der Waals surface area (Å²) < 4.78 is 88.6. The minimum Gasteiger partial charge on any atom is -0.465 e. The summed E-state index contributed by atoms with van der Waals surface area (Å²) in [4.78, 5) is 33.3. The fourth-order valence-corrected chi connectivity index (χ4v) is 3.39. The van der Waals surface area contributed by atoms with E-state index in [1.165, 1.54) is 39.0 Å². The molecule has 21 heteroatoms. The first-order valence-corrected chi connectivity index (χ1v) is 12.4. The molecule has 0 N–H and O–H groups in total. The zero-order chi connectivity index (χ0) is 33.5. The highest BCUT2D eigenvalue weighted by Gasteiger charge is 2.40. The molecule has 3 rings (SSSR count). The van der Waals surface area contributed by atoms with Gasteiger partial charge in [-0.2, -0.15) is 41.6 Å². The fraction of sp³-hybridized carbons (Fsp3) is 0.455. The van der Waals surface area contributed by atoms with E-state index in [4.69, 9.17) is 34.8 Å². The number of aryl methyl sites for hydroxylation is 3. The first-order valence-electron chi connectivity index (χ1n) is 11.2. The van der Waals surface area contributed by atoms with Crippen molar-refractivity contribution >= 4 is 52.7 Å². The van der Waals surface area contributed by atoms with Crippen molar-refractivity contribution in [2.45, 2.75) is 23.1 Å². The monoisotopic (exact) mass is 686 g/mol. The highest BCUT2D eigenvalue weighted by atomic mass is 35.6. The molecule has 240 valence electrons. The van der Waals surface area contributed by atoms with E-state index in [1.807, 2.05) is 0 Å². The molecule has 0 aliphatic carbocycles. The number of nitrogens with zero attached hydrogens (tertiary/aromatic N) is 6. The van der Waals surface area contributed by atoms with Crippen LogP contribution in [0.3, 0.4) is 0 Å². The highest BCUT2D eigenvalue weighted by Crippen LogP contribution is 2.39. The lowest BCUT2D eigenvalue weighted by molar-refractivity contribution is -0.142. The maximum Gasteiger partial charge on any atom is 0.436 e. The molecule has 0 aliphatic heterocycles. The third-order valence-corrected chi connectivity index (χ3v) is 5.13. The molecule has 0 aliphatic rings. The third-order valence-electron chi connectivity index (χ3n) is 4.60. The van der Waals surface area contributed by atoms with Crippen molar-refractivity contribution in [2.24, 2.45) is 21.1 Å². The van der Waals surface area contributed by atoms with Gasteiger partial charge >= 0.3 is 30.3 Å². The second-order valence-corrected chi connectivity index (χ2v) is 10.2. The van der Waals surface area contributed by atoms with Crippen molar-refractivity contribution in [3.63, 3.8) is 0 Å². The fourth-order valence-electron chi connectivity index (χ4n) is 2.97. The Bertz CT molecular complexity index is 1360. The Morgan fingerprint density at radius 1 is 0.674 bits per heavy atom. The number of methoxy groups -OCH3 is 2. The maximum atomic E-state index is 12.4. The van der Waals surface area contributed by atoms with Gasteiger partial charge in [-0.05, 0) is 6.92 Å². The number of esters is 3. The molecule has 0 fully saturated rings. The van der Waals surface area contributed by atoms with E-state index in [0.29, 0.717) is 0 Å². The molecular formula is C22H23Cl3F6N6O6. The first-order chi connectivity index (χ1) is 19.6. The summed E-state index contributed by atoms with van der Waals surface area (Å²) in [7, 11) is 6.47. The molecule has 0 saturated carbocycles. The molecule has 3 heterocycles. The van der Waals surface area contributed by atoms with Gasteiger partial charge in [0, 0.05) is 39.7 Å². The molecule has 0 spiro atoms. The van der Waals surface area contributed by atoms with Gasteiger partial charge in [-0.25, -0.2) is 14.4 Å². The van der Waals surface area contributed by atoms with Gasteiger partial charge in [0.1, 0.15) is 22.4 Å². The Morgan fingerprint density at radius 2 is 0.977 bits per heavy atom. The second kappa shape index (κ2) is 14.8. The highest BCUT2D eigenvalue weighted by molar-refractivity contribution is 6.66. The Morgan fingerprint density at radius 3 is 1.26 bits per heavy atom. The molecule has 0 unspecified atom stereocenters. The summed E-state index contributed by atoms with van der Waals surface area (Å²) in [5.74, 6) is -2.65. The van der Waals surface area contributed by atoms with Crippen LogP contribution in [0.25, 0.3) is 0 Å². The van der Waals surface area contributed by atoms with Gasteiger partial charge in [-0.1, -0.05) is 34.8 Å². The van der Waals surface area contributed by atoms with Crippen molar-refractivity contribution in [1.29, 1.82) is 0 Å². The Hall–Kier alpha value is -3.51. The summed E-state index contributed by atoms with van der Waals surface area (Å²) in [5.41, 5.74) is -3.38. The van der Waals surface area contributed by atoms with Crippen LogP contribution in [0.4, 0.5) is 26.3 Å². The quantitative estimate of drug-likeness (QED) is 0.163. The molecule has 0 saturated heterocycles. The van der Waals surface area contributed by atoms with E-state index in [-0.39, 0.29) is 17.9 Å². The average molecular weight is 688 g/mol. The van der Waals surface area contributed by atoms with Crippen LogP contribution >= 0.6 is 34.8 Å². The summed E-state index contributed by atoms with van der Waals surface area (Å²) in [6.07, 6.45) is -5.91. The van der Waals surface area contributed by atoms with Crippen molar-refractivity contribution in [3.8, 4) is 0 Å². The van der Waals surface area contributed by atoms with Crippen molar-refractivity contribution in [2.75, 3.05) is 20.8 Å². The number of hydrogen-bond donors (Lipinski definition) is 0. The van der Waals surface area contributed by atoms with Crippen LogP contribution in [0.1, 0.15) is 55.1 Å². The van der Waals surface area contributed by atoms with Crippen molar-refractivity contribution < 1.29 is 54.9 Å². The van der Waals surface area contributed by atoms with Gasteiger partial charge in [-0.15, -0.1) is 0 Å². The molecule has 0 atom stereocenters. The third kappa shape index (κ3) is 10.6. The zero-order valence-corrected chi connectivity index (χ0v) is 25.2. The number of carbonyl (C=O) groups is 3. The lowest BCUT2D eigenvalue weighted by Crippen LogP contribution is -2.14. The average Bonchev–Trinajstić information content (AvgIpc) is 3.59. The number of rotatable bonds is 4. The molecule has 0 amide bonds. The Labute approximate surface area is 254 Å². The second-order valence-electron chi connectivity index (χ2n) is 7.89. The van der Waals surface area contributed by atoms with E-state index < -0.39 is 56.6 Å². The van der Waals surface area contributed by atoms with Gasteiger partial charge in [0.25, 0.3) is 0 Å². The van der Waals surface area contributed by atoms with Crippen LogP contribution < -0.4 is 0 Å². The van der Waals surface area contributed by atoms with E-state index in [0.717, 1.165) is 28.9 Å². The van der Waals surface area contributed by atoms with Crippen molar-refractivity contribution in [3.05, 3.63) is 52.4 Å². The summed E-state index contributed by atoms with van der Waals surface area (Å²) in [6.45, 7) is 1.53. The number of carbonyl (C=O) groups excluding carboxylic acids is 3. The Kier molecular flexibility index (Phi) is 12.9. The van der Waals surface area contributed by atoms with Crippen LogP contribution in [0.15, 0.2) is 18.6 Å². The first kappa shape index (κ1) is 37.5. The molecular weight excluding hydrogens is 665 g/mol. The number of halogens is 9. The largest absolute Gasteiger partial charge is 0.465 e. The summed E-state index contributed by atoms with van der Waals surface area (Å²) in [5, 5.41) is 10.2. The van der Waals surface area contributed by atoms with Crippen LogP contribution in [0.2, 0.25) is 0 Å². The molecule has 3 aromatic rings. The molecule has 43 heavy (non-hydrogen) atoms. The standard InChI is InChI=1S/C8H9F3N2O2.C7H7Cl3N2O2.C7H7F3N2O2/c1-3-15-7(14)5-4-13(2)12-6(5)8(9,10)11;2*1-12-3-4(6(13)14-2)5(11-12)7(8,9)10/h4H,3H2,1-2H3;2*3H,1-2H3. The zero-order valence-electron chi connectivity index (χ0n) is 23.0. The van der Waals surface area contributed by atoms with Crippen LogP contribution in [0.5, 0.6) is 0 Å². The van der Waals surface area contributed by atoms with Crippen LogP contribution in [-0.4, -0.2) is 68.1 Å². The van der Waals surface area contributed by atoms with E-state index >= 15 is 0 Å².